The van der Waals surface area contributed by atoms with Crippen molar-refractivity contribution in [3.05, 3.63) is 46.5 Å². The van der Waals surface area contributed by atoms with Gasteiger partial charge in [-0.3, -0.25) is 14.9 Å². The number of hydrogen-bond acceptors (Lipinski definition) is 4. The van der Waals surface area contributed by atoms with Gasteiger partial charge in [0.1, 0.15) is 0 Å². The van der Waals surface area contributed by atoms with E-state index in [-0.39, 0.29) is 17.7 Å². The van der Waals surface area contributed by atoms with Gasteiger partial charge in [-0.05, 0) is 38.3 Å². The van der Waals surface area contributed by atoms with Crippen LogP contribution in [0.3, 0.4) is 0 Å². The van der Waals surface area contributed by atoms with Crippen molar-refractivity contribution in [1.82, 2.24) is 10.3 Å². The average molecular weight is 329 g/mol. The maximum Gasteiger partial charge on any atom is 0.257 e. The van der Waals surface area contributed by atoms with E-state index in [1.54, 1.807) is 12.1 Å². The maximum absolute atomic E-state index is 12.2. The largest absolute Gasteiger partial charge is 0.356 e. The number of benzene rings is 1. The molecule has 0 unspecified atom stereocenters. The zero-order chi connectivity index (χ0) is 16.2. The molecule has 2 N–H and O–H groups in total. The molecule has 5 nitrogen and oxygen atoms in total. The molecule has 1 atom stereocenters. The first-order valence-corrected chi connectivity index (χ1v) is 8.64. The number of carbonyl (C=O) groups excluding carboxylic acids is 2. The number of likely N-dealkylation sites (N-methyl/N-ethyl adjacent to an activating group) is 1. The molecule has 1 aliphatic carbocycles. The number of aromatic nitrogens is 1. The number of fused-ring (bicyclic) bond motifs is 1. The summed E-state index contributed by atoms with van der Waals surface area (Å²) >= 11 is 1.47. The Morgan fingerprint density at radius 3 is 2.83 bits per heavy atom. The fraction of sp³-hybridized carbons (Fsp3) is 0.353. The molecule has 1 heterocycles. The molecule has 0 spiro atoms. The van der Waals surface area contributed by atoms with Gasteiger partial charge < -0.3 is 5.32 Å². The molecule has 120 valence electrons. The highest BCUT2D eigenvalue weighted by Gasteiger charge is 2.30. The van der Waals surface area contributed by atoms with E-state index in [1.165, 1.54) is 11.3 Å². The molecule has 0 radical (unpaired) electrons. The average Bonchev–Trinajstić information content (AvgIpc) is 2.98. The lowest BCUT2D eigenvalue weighted by Gasteiger charge is -2.19. The van der Waals surface area contributed by atoms with Crippen LogP contribution in [0.2, 0.25) is 0 Å². The predicted molar refractivity (Wildman–Crippen MR) is 90.9 cm³/mol. The minimum atomic E-state index is -0.197. The van der Waals surface area contributed by atoms with E-state index in [0.717, 1.165) is 29.8 Å². The summed E-state index contributed by atoms with van der Waals surface area (Å²) in [5.41, 5.74) is 1.43. The van der Waals surface area contributed by atoms with E-state index in [4.69, 9.17) is 0 Å². The summed E-state index contributed by atoms with van der Waals surface area (Å²) in [4.78, 5) is 30.0. The molecule has 0 fully saturated rings. The number of thiazole rings is 1. The van der Waals surface area contributed by atoms with Crippen molar-refractivity contribution >= 4 is 28.3 Å². The van der Waals surface area contributed by atoms with Gasteiger partial charge in [0.25, 0.3) is 5.91 Å². The van der Waals surface area contributed by atoms with Gasteiger partial charge in [0.05, 0.1) is 11.6 Å². The van der Waals surface area contributed by atoms with Crippen LogP contribution in [-0.2, 0) is 11.2 Å². The van der Waals surface area contributed by atoms with Crippen molar-refractivity contribution in [3.8, 4) is 0 Å². The van der Waals surface area contributed by atoms with Crippen LogP contribution in [0, 0.1) is 0 Å². The van der Waals surface area contributed by atoms with Crippen LogP contribution in [0.15, 0.2) is 30.3 Å². The lowest BCUT2D eigenvalue weighted by Crippen LogP contribution is -2.31. The van der Waals surface area contributed by atoms with Crippen molar-refractivity contribution in [3.63, 3.8) is 0 Å². The van der Waals surface area contributed by atoms with E-state index in [0.29, 0.717) is 17.2 Å². The minimum absolute atomic E-state index is 0.0275. The van der Waals surface area contributed by atoms with Crippen LogP contribution in [0.25, 0.3) is 0 Å². The second-order valence-electron chi connectivity index (χ2n) is 5.49. The number of aryl methyl sites for hydroxylation is 1. The monoisotopic (exact) mass is 329 g/mol. The fourth-order valence-corrected chi connectivity index (χ4v) is 3.84. The van der Waals surface area contributed by atoms with E-state index in [1.807, 2.05) is 25.1 Å². The van der Waals surface area contributed by atoms with Crippen LogP contribution >= 0.6 is 11.3 Å². The van der Waals surface area contributed by atoms with Gasteiger partial charge in [0.2, 0.25) is 5.91 Å². The summed E-state index contributed by atoms with van der Waals surface area (Å²) < 4.78 is 0. The third-order valence-corrected chi connectivity index (χ3v) is 4.92. The maximum atomic E-state index is 12.2. The summed E-state index contributed by atoms with van der Waals surface area (Å²) in [5, 5.41) is 6.28. The quantitative estimate of drug-likeness (QED) is 0.906. The molecule has 1 aliphatic rings. The number of carbonyl (C=O) groups is 2. The molecule has 0 saturated carbocycles. The Hall–Kier alpha value is -2.21. The van der Waals surface area contributed by atoms with E-state index < -0.39 is 0 Å². The first-order chi connectivity index (χ1) is 11.2. The fourth-order valence-electron chi connectivity index (χ4n) is 2.78. The van der Waals surface area contributed by atoms with Crippen LogP contribution in [0.1, 0.15) is 46.6 Å². The van der Waals surface area contributed by atoms with Gasteiger partial charge in [-0.25, -0.2) is 4.98 Å². The Kier molecular flexibility index (Phi) is 4.71. The Bertz CT molecular complexity index is 712. The summed E-state index contributed by atoms with van der Waals surface area (Å²) in [5.74, 6) is -0.344. The van der Waals surface area contributed by atoms with Crippen molar-refractivity contribution in [2.75, 3.05) is 11.9 Å². The van der Waals surface area contributed by atoms with Crippen LogP contribution in [-0.4, -0.2) is 23.3 Å². The Labute approximate surface area is 139 Å². The molecule has 0 saturated heterocycles. The number of hydrogen-bond donors (Lipinski definition) is 2. The zero-order valence-electron chi connectivity index (χ0n) is 13.0. The number of amides is 2. The summed E-state index contributed by atoms with van der Waals surface area (Å²) in [7, 11) is 0. The number of nitrogens with one attached hydrogen (secondary N) is 2. The van der Waals surface area contributed by atoms with E-state index in [9.17, 15) is 9.59 Å². The summed E-state index contributed by atoms with van der Waals surface area (Å²) in [6, 6.07) is 9.05. The highest BCUT2D eigenvalue weighted by atomic mass is 32.1. The van der Waals surface area contributed by atoms with E-state index >= 15 is 0 Å². The van der Waals surface area contributed by atoms with Gasteiger partial charge >= 0.3 is 0 Å². The SMILES string of the molecule is CCNC(=O)[C@@H]1CCCc2sc(NC(=O)c3ccccc3)nc21. The first kappa shape index (κ1) is 15.7. The van der Waals surface area contributed by atoms with E-state index in [2.05, 4.69) is 15.6 Å². The third kappa shape index (κ3) is 3.42. The summed E-state index contributed by atoms with van der Waals surface area (Å²) in [6.07, 6.45) is 2.71. The molecule has 2 aromatic rings. The molecule has 3 rings (SSSR count). The standard InChI is InChI=1S/C17H19N3O2S/c1-2-18-16(22)12-9-6-10-13-14(12)19-17(23-13)20-15(21)11-7-4-3-5-8-11/h3-5,7-8,12H,2,6,9-10H2,1H3,(H,18,22)(H,19,20,21)/t12-/m1/s1. The van der Waals surface area contributed by atoms with Crippen LogP contribution in [0.5, 0.6) is 0 Å². The lowest BCUT2D eigenvalue weighted by atomic mass is 9.90. The number of rotatable bonds is 4. The molecule has 6 heteroatoms. The number of nitrogens with zero attached hydrogens (tertiary/aromatic N) is 1. The second-order valence-corrected chi connectivity index (χ2v) is 6.57. The Morgan fingerprint density at radius 1 is 1.30 bits per heavy atom. The smallest absolute Gasteiger partial charge is 0.257 e. The van der Waals surface area contributed by atoms with Crippen LogP contribution < -0.4 is 10.6 Å². The minimum Gasteiger partial charge on any atom is -0.356 e. The van der Waals surface area contributed by atoms with Gasteiger partial charge in [-0.15, -0.1) is 11.3 Å². The highest BCUT2D eigenvalue weighted by Crippen LogP contribution is 2.36. The normalized spacial score (nSPS) is 16.5. The zero-order valence-corrected chi connectivity index (χ0v) is 13.8. The van der Waals surface area contributed by atoms with Gasteiger partial charge in [0.15, 0.2) is 5.13 Å². The molecule has 1 aromatic carbocycles. The molecule has 23 heavy (non-hydrogen) atoms. The van der Waals surface area contributed by atoms with Crippen LogP contribution in [0.4, 0.5) is 5.13 Å². The second kappa shape index (κ2) is 6.91. The van der Waals surface area contributed by atoms with Crippen molar-refractivity contribution in [1.29, 1.82) is 0 Å². The van der Waals surface area contributed by atoms with Gasteiger partial charge in [-0.2, -0.15) is 0 Å². The molecular weight excluding hydrogens is 310 g/mol. The number of anilines is 1. The Morgan fingerprint density at radius 2 is 2.09 bits per heavy atom. The topological polar surface area (TPSA) is 71.1 Å². The van der Waals surface area contributed by atoms with Gasteiger partial charge in [-0.1, -0.05) is 18.2 Å². The lowest BCUT2D eigenvalue weighted by molar-refractivity contribution is -0.122. The molecule has 0 aliphatic heterocycles. The summed E-state index contributed by atoms with van der Waals surface area (Å²) in [6.45, 7) is 2.53. The highest BCUT2D eigenvalue weighted by molar-refractivity contribution is 7.15. The van der Waals surface area contributed by atoms with Crippen molar-refractivity contribution < 1.29 is 9.59 Å². The molecular formula is C17H19N3O2S. The molecule has 1 aromatic heterocycles. The van der Waals surface area contributed by atoms with Gasteiger partial charge in [0, 0.05) is 17.0 Å². The Balaban J connectivity index is 1.78. The predicted octanol–water partition coefficient (Wildman–Crippen LogP) is 2.95. The molecule has 2 amide bonds. The first-order valence-electron chi connectivity index (χ1n) is 7.82. The van der Waals surface area contributed by atoms with Crippen molar-refractivity contribution in [2.45, 2.75) is 32.1 Å². The van der Waals surface area contributed by atoms with Crippen molar-refractivity contribution in [2.24, 2.45) is 0 Å². The molecule has 0 bridgehead atoms. The third-order valence-electron chi connectivity index (χ3n) is 3.88.